The van der Waals surface area contributed by atoms with Crippen LogP contribution in [0.4, 0.5) is 0 Å². The monoisotopic (exact) mass is 290 g/mol. The van der Waals surface area contributed by atoms with Gasteiger partial charge in [-0.3, -0.25) is 0 Å². The number of phenols is 1. The molecular formula is C16H18O5. The molecule has 5 heteroatoms. The first kappa shape index (κ1) is 15.0. The summed E-state index contributed by atoms with van der Waals surface area (Å²) < 4.78 is 15.5. The highest BCUT2D eigenvalue weighted by Gasteiger charge is 2.21. The summed E-state index contributed by atoms with van der Waals surface area (Å²) in [6.45, 7) is 3.71. The van der Waals surface area contributed by atoms with Crippen molar-refractivity contribution < 1.29 is 24.1 Å². The normalized spacial score (nSPS) is 10.5. The van der Waals surface area contributed by atoms with Crippen LogP contribution in [-0.4, -0.2) is 31.9 Å². The van der Waals surface area contributed by atoms with Crippen molar-refractivity contribution in [3.8, 4) is 17.2 Å². The summed E-state index contributed by atoms with van der Waals surface area (Å²) in [4.78, 5) is 12.0. The smallest absolute Gasteiger partial charge is 0.342 e. The Kier molecular flexibility index (Phi) is 4.21. The molecule has 21 heavy (non-hydrogen) atoms. The Morgan fingerprint density at radius 2 is 1.90 bits per heavy atom. The van der Waals surface area contributed by atoms with Crippen molar-refractivity contribution in [3.63, 3.8) is 0 Å². The van der Waals surface area contributed by atoms with Gasteiger partial charge < -0.3 is 19.3 Å². The molecule has 0 aliphatic heterocycles. The molecular weight excluding hydrogens is 272 g/mol. The summed E-state index contributed by atoms with van der Waals surface area (Å²) in [6, 6.07) is 5.23. The van der Waals surface area contributed by atoms with Gasteiger partial charge >= 0.3 is 5.97 Å². The molecule has 0 heterocycles. The summed E-state index contributed by atoms with van der Waals surface area (Å²) in [6.07, 6.45) is 0. The van der Waals surface area contributed by atoms with Crippen molar-refractivity contribution in [2.45, 2.75) is 13.8 Å². The predicted molar refractivity (Wildman–Crippen MR) is 79.4 cm³/mol. The fraction of sp³-hybridized carbons (Fsp3) is 0.312. The maximum absolute atomic E-state index is 12.0. The standard InChI is InChI=1S/C16H18O5/c1-5-21-16(18)13-9(2)6-10-7-11(19-3)8-12(20-4)14(10)15(13)17/h6-8,17H,5H2,1-4H3. The van der Waals surface area contributed by atoms with Gasteiger partial charge in [0, 0.05) is 6.07 Å². The number of methoxy groups -OCH3 is 2. The molecule has 0 amide bonds. The molecule has 0 radical (unpaired) electrons. The van der Waals surface area contributed by atoms with Crippen molar-refractivity contribution in [2.75, 3.05) is 20.8 Å². The second kappa shape index (κ2) is 5.91. The van der Waals surface area contributed by atoms with Gasteiger partial charge in [-0.25, -0.2) is 4.79 Å². The van der Waals surface area contributed by atoms with E-state index in [-0.39, 0.29) is 17.9 Å². The van der Waals surface area contributed by atoms with Gasteiger partial charge in [-0.1, -0.05) is 6.07 Å². The number of fused-ring (bicyclic) bond motifs is 1. The molecule has 0 saturated carbocycles. The molecule has 0 aromatic heterocycles. The van der Waals surface area contributed by atoms with E-state index >= 15 is 0 Å². The number of aromatic hydroxyl groups is 1. The SMILES string of the molecule is CCOC(=O)c1c(C)cc2cc(OC)cc(OC)c2c1O. The van der Waals surface area contributed by atoms with Gasteiger partial charge in [0.05, 0.1) is 26.2 Å². The average Bonchev–Trinajstić information content (AvgIpc) is 2.45. The lowest BCUT2D eigenvalue weighted by molar-refractivity contribution is 0.0522. The highest BCUT2D eigenvalue weighted by atomic mass is 16.5. The molecule has 0 aliphatic rings. The number of rotatable bonds is 4. The molecule has 0 bridgehead atoms. The van der Waals surface area contributed by atoms with Crippen LogP contribution in [0.15, 0.2) is 18.2 Å². The van der Waals surface area contributed by atoms with Gasteiger partial charge in [-0.2, -0.15) is 0 Å². The van der Waals surface area contributed by atoms with Gasteiger partial charge in [-0.15, -0.1) is 0 Å². The number of carbonyl (C=O) groups is 1. The van der Waals surface area contributed by atoms with Crippen LogP contribution in [-0.2, 0) is 4.74 Å². The molecule has 112 valence electrons. The third-order valence-corrected chi connectivity index (χ3v) is 3.28. The molecule has 2 aromatic rings. The van der Waals surface area contributed by atoms with Gasteiger partial charge in [-0.05, 0) is 30.9 Å². The number of benzene rings is 2. The lowest BCUT2D eigenvalue weighted by Crippen LogP contribution is -2.07. The van der Waals surface area contributed by atoms with Gasteiger partial charge in [0.25, 0.3) is 0 Å². The fourth-order valence-electron chi connectivity index (χ4n) is 2.33. The third-order valence-electron chi connectivity index (χ3n) is 3.28. The number of ether oxygens (including phenoxy) is 3. The molecule has 0 saturated heterocycles. The molecule has 0 aliphatic carbocycles. The Bertz CT molecular complexity index is 691. The van der Waals surface area contributed by atoms with Crippen molar-refractivity contribution >= 4 is 16.7 Å². The van der Waals surface area contributed by atoms with Crippen LogP contribution in [0.25, 0.3) is 10.8 Å². The van der Waals surface area contributed by atoms with E-state index in [9.17, 15) is 9.90 Å². The van der Waals surface area contributed by atoms with Crippen LogP contribution in [0.1, 0.15) is 22.8 Å². The lowest BCUT2D eigenvalue weighted by Gasteiger charge is -2.14. The first-order chi connectivity index (χ1) is 10.0. The second-order valence-corrected chi connectivity index (χ2v) is 4.57. The number of phenolic OH excluding ortho intramolecular Hbond substituents is 1. The van der Waals surface area contributed by atoms with E-state index in [1.54, 1.807) is 39.2 Å². The largest absolute Gasteiger partial charge is 0.506 e. The maximum Gasteiger partial charge on any atom is 0.342 e. The molecule has 2 aromatic carbocycles. The van der Waals surface area contributed by atoms with Crippen LogP contribution in [0.2, 0.25) is 0 Å². The third kappa shape index (κ3) is 2.59. The van der Waals surface area contributed by atoms with E-state index in [0.29, 0.717) is 22.4 Å². The van der Waals surface area contributed by atoms with E-state index in [1.165, 1.54) is 7.11 Å². The fourth-order valence-corrected chi connectivity index (χ4v) is 2.33. The Hall–Kier alpha value is -2.43. The quantitative estimate of drug-likeness (QED) is 0.877. The zero-order valence-corrected chi connectivity index (χ0v) is 12.5. The molecule has 2 rings (SSSR count). The highest BCUT2D eigenvalue weighted by molar-refractivity contribution is 6.05. The van der Waals surface area contributed by atoms with E-state index in [2.05, 4.69) is 0 Å². The summed E-state index contributed by atoms with van der Waals surface area (Å²) >= 11 is 0. The first-order valence-corrected chi connectivity index (χ1v) is 6.58. The number of esters is 1. The minimum Gasteiger partial charge on any atom is -0.506 e. The number of carbonyl (C=O) groups excluding carboxylic acids is 1. The Balaban J connectivity index is 2.78. The topological polar surface area (TPSA) is 65.0 Å². The molecule has 1 N–H and O–H groups in total. The number of hydrogen-bond acceptors (Lipinski definition) is 5. The highest BCUT2D eigenvalue weighted by Crippen LogP contribution is 2.40. The summed E-state index contributed by atoms with van der Waals surface area (Å²) in [5.74, 6) is 0.365. The van der Waals surface area contributed by atoms with Crippen LogP contribution < -0.4 is 9.47 Å². The molecule has 0 spiro atoms. The minimum atomic E-state index is -0.549. The number of hydrogen-bond donors (Lipinski definition) is 1. The van der Waals surface area contributed by atoms with E-state index in [1.807, 2.05) is 0 Å². The van der Waals surface area contributed by atoms with Gasteiger partial charge in [0.15, 0.2) is 0 Å². The molecule has 5 nitrogen and oxygen atoms in total. The van der Waals surface area contributed by atoms with Crippen molar-refractivity contribution in [3.05, 3.63) is 29.3 Å². The second-order valence-electron chi connectivity index (χ2n) is 4.57. The van der Waals surface area contributed by atoms with E-state index in [4.69, 9.17) is 14.2 Å². The van der Waals surface area contributed by atoms with Crippen LogP contribution in [0.5, 0.6) is 17.2 Å². The predicted octanol–water partition coefficient (Wildman–Crippen LogP) is 3.05. The Morgan fingerprint density at radius 3 is 2.48 bits per heavy atom. The molecule has 0 unspecified atom stereocenters. The minimum absolute atomic E-state index is 0.136. The summed E-state index contributed by atoms with van der Waals surface area (Å²) in [5, 5.41) is 11.7. The zero-order chi connectivity index (χ0) is 15.6. The maximum atomic E-state index is 12.0. The lowest BCUT2D eigenvalue weighted by atomic mass is 9.99. The van der Waals surface area contributed by atoms with Gasteiger partial charge in [0.2, 0.25) is 0 Å². The summed E-state index contributed by atoms with van der Waals surface area (Å²) in [5.41, 5.74) is 0.793. The van der Waals surface area contributed by atoms with E-state index < -0.39 is 5.97 Å². The van der Waals surface area contributed by atoms with Crippen molar-refractivity contribution in [2.24, 2.45) is 0 Å². The molecule has 0 atom stereocenters. The van der Waals surface area contributed by atoms with Crippen LogP contribution >= 0.6 is 0 Å². The van der Waals surface area contributed by atoms with Crippen molar-refractivity contribution in [1.29, 1.82) is 0 Å². The van der Waals surface area contributed by atoms with Crippen LogP contribution in [0.3, 0.4) is 0 Å². The number of aryl methyl sites for hydroxylation is 1. The molecule has 0 fully saturated rings. The van der Waals surface area contributed by atoms with E-state index in [0.717, 1.165) is 5.39 Å². The average molecular weight is 290 g/mol. The van der Waals surface area contributed by atoms with Gasteiger partial charge in [0.1, 0.15) is 22.8 Å². The van der Waals surface area contributed by atoms with Crippen LogP contribution in [0, 0.1) is 6.92 Å². The van der Waals surface area contributed by atoms with Crippen molar-refractivity contribution in [1.82, 2.24) is 0 Å². The Morgan fingerprint density at radius 1 is 1.19 bits per heavy atom. The summed E-state index contributed by atoms with van der Waals surface area (Å²) in [7, 11) is 3.05. The zero-order valence-electron chi connectivity index (χ0n) is 12.5. The Labute approximate surface area is 123 Å². The first-order valence-electron chi connectivity index (χ1n) is 6.58.